The van der Waals surface area contributed by atoms with Gasteiger partial charge < -0.3 is 20.2 Å². The van der Waals surface area contributed by atoms with Gasteiger partial charge in [0.25, 0.3) is 0 Å². The lowest BCUT2D eigenvalue weighted by Gasteiger charge is -2.17. The van der Waals surface area contributed by atoms with Crippen LogP contribution in [0, 0.1) is 0 Å². The molecule has 0 saturated heterocycles. The smallest absolute Gasteiger partial charge is 0.0843 e. The molecule has 2 aromatic carbocycles. The number of nitrogens with one attached hydrogen (secondary N) is 2. The van der Waals surface area contributed by atoms with E-state index in [2.05, 4.69) is 9.97 Å². The zero-order valence-electron chi connectivity index (χ0n) is 13.2. The van der Waals surface area contributed by atoms with Gasteiger partial charge in [-0.2, -0.15) is 0 Å². The average Bonchev–Trinajstić information content (AvgIpc) is 3.20. The number of aliphatic hydroxyl groups excluding tert-OH is 2. The Labute approximate surface area is 139 Å². The number of H-pyrrole nitrogens is 2. The second-order valence-electron chi connectivity index (χ2n) is 6.26. The van der Waals surface area contributed by atoms with E-state index in [1.165, 1.54) is 0 Å². The predicted molar refractivity (Wildman–Crippen MR) is 96.0 cm³/mol. The first-order valence-electron chi connectivity index (χ1n) is 8.18. The van der Waals surface area contributed by atoms with Crippen LogP contribution in [0.3, 0.4) is 0 Å². The molecule has 0 bridgehead atoms. The van der Waals surface area contributed by atoms with Gasteiger partial charge in [0.15, 0.2) is 0 Å². The van der Waals surface area contributed by atoms with Crippen LogP contribution >= 0.6 is 0 Å². The van der Waals surface area contributed by atoms with Crippen molar-refractivity contribution in [1.82, 2.24) is 9.97 Å². The molecule has 4 nitrogen and oxygen atoms in total. The average molecular weight is 320 g/mol. The monoisotopic (exact) mass is 320 g/mol. The van der Waals surface area contributed by atoms with Crippen molar-refractivity contribution in [2.75, 3.05) is 0 Å². The molecule has 0 spiro atoms. The molecule has 4 aromatic rings. The zero-order valence-corrected chi connectivity index (χ0v) is 13.2. The van der Waals surface area contributed by atoms with Gasteiger partial charge in [0.1, 0.15) is 0 Å². The van der Waals surface area contributed by atoms with Crippen molar-refractivity contribution in [1.29, 1.82) is 0 Å². The van der Waals surface area contributed by atoms with Gasteiger partial charge in [-0.1, -0.05) is 36.4 Å². The Morgan fingerprint density at radius 3 is 1.54 bits per heavy atom. The van der Waals surface area contributed by atoms with Crippen molar-refractivity contribution < 1.29 is 10.2 Å². The fourth-order valence-corrected chi connectivity index (χ4v) is 3.32. The Kier molecular flexibility index (Phi) is 3.84. The molecule has 0 amide bonds. The number of fused-ring (bicyclic) bond motifs is 2. The quantitative estimate of drug-likeness (QED) is 0.456. The van der Waals surface area contributed by atoms with Crippen molar-refractivity contribution in [2.45, 2.75) is 25.0 Å². The third-order valence-corrected chi connectivity index (χ3v) is 4.65. The topological polar surface area (TPSA) is 72.0 Å². The molecule has 2 atom stereocenters. The van der Waals surface area contributed by atoms with Gasteiger partial charge in [0, 0.05) is 47.0 Å². The highest BCUT2D eigenvalue weighted by molar-refractivity contribution is 5.83. The van der Waals surface area contributed by atoms with E-state index >= 15 is 0 Å². The summed E-state index contributed by atoms with van der Waals surface area (Å²) in [5, 5.41) is 23.1. The third-order valence-electron chi connectivity index (χ3n) is 4.65. The van der Waals surface area contributed by atoms with Crippen molar-refractivity contribution in [2.24, 2.45) is 0 Å². The second-order valence-corrected chi connectivity index (χ2v) is 6.26. The molecule has 2 unspecified atom stereocenters. The lowest BCUT2D eigenvalue weighted by molar-refractivity contribution is 0.0210. The van der Waals surface area contributed by atoms with Crippen LogP contribution in [0.4, 0.5) is 0 Å². The van der Waals surface area contributed by atoms with E-state index in [9.17, 15) is 10.2 Å². The Bertz CT molecular complexity index is 890. The van der Waals surface area contributed by atoms with Crippen molar-refractivity contribution in [3.63, 3.8) is 0 Å². The molecule has 0 saturated carbocycles. The summed E-state index contributed by atoms with van der Waals surface area (Å²) >= 11 is 0. The lowest BCUT2D eigenvalue weighted by atomic mass is 9.98. The highest BCUT2D eigenvalue weighted by Crippen LogP contribution is 2.23. The lowest BCUT2D eigenvalue weighted by Crippen LogP contribution is -2.29. The van der Waals surface area contributed by atoms with Crippen LogP contribution in [0.25, 0.3) is 21.8 Å². The molecule has 0 aliphatic rings. The molecule has 2 aromatic heterocycles. The van der Waals surface area contributed by atoms with Crippen LogP contribution in [-0.2, 0) is 12.8 Å². The molecule has 0 radical (unpaired) electrons. The van der Waals surface area contributed by atoms with Crippen molar-refractivity contribution in [3.8, 4) is 0 Å². The molecule has 2 heterocycles. The minimum Gasteiger partial charge on any atom is -0.390 e. The minimum atomic E-state index is -0.808. The van der Waals surface area contributed by atoms with E-state index in [-0.39, 0.29) is 0 Å². The summed E-state index contributed by atoms with van der Waals surface area (Å²) in [4.78, 5) is 6.41. The Hall–Kier alpha value is -2.56. The Morgan fingerprint density at radius 1 is 0.667 bits per heavy atom. The number of aromatic amines is 2. The SMILES string of the molecule is OC(Cc1c[nH]c2ccccc12)C(O)Cc1c[nH]c2ccccc12. The number of benzene rings is 2. The van der Waals surface area contributed by atoms with Crippen LogP contribution in [0.1, 0.15) is 11.1 Å². The van der Waals surface area contributed by atoms with E-state index in [0.717, 1.165) is 32.9 Å². The van der Waals surface area contributed by atoms with E-state index in [0.29, 0.717) is 12.8 Å². The highest BCUT2D eigenvalue weighted by Gasteiger charge is 2.20. The fraction of sp³-hybridized carbons (Fsp3) is 0.200. The summed E-state index contributed by atoms with van der Waals surface area (Å²) in [6, 6.07) is 16.0. The van der Waals surface area contributed by atoms with Crippen LogP contribution in [0.2, 0.25) is 0 Å². The molecule has 0 aliphatic carbocycles. The molecule has 4 N–H and O–H groups in total. The van der Waals surface area contributed by atoms with Crippen LogP contribution < -0.4 is 0 Å². The molecule has 24 heavy (non-hydrogen) atoms. The maximum Gasteiger partial charge on any atom is 0.0843 e. The molecule has 4 heteroatoms. The largest absolute Gasteiger partial charge is 0.390 e. The summed E-state index contributed by atoms with van der Waals surface area (Å²) in [6.07, 6.45) is 3.05. The summed E-state index contributed by atoms with van der Waals surface area (Å²) in [5.74, 6) is 0. The van der Waals surface area contributed by atoms with Crippen molar-refractivity contribution >= 4 is 21.8 Å². The fourth-order valence-electron chi connectivity index (χ4n) is 3.32. The second kappa shape index (κ2) is 6.15. The maximum absolute atomic E-state index is 10.4. The molecule has 0 aliphatic heterocycles. The molecular weight excluding hydrogens is 300 g/mol. The van der Waals surface area contributed by atoms with E-state index < -0.39 is 12.2 Å². The third kappa shape index (κ3) is 2.70. The number of rotatable bonds is 5. The summed E-state index contributed by atoms with van der Waals surface area (Å²) in [7, 11) is 0. The van der Waals surface area contributed by atoms with E-state index in [4.69, 9.17) is 0 Å². The van der Waals surface area contributed by atoms with Gasteiger partial charge in [0.05, 0.1) is 12.2 Å². The number of hydrogen-bond donors (Lipinski definition) is 4. The summed E-state index contributed by atoms with van der Waals surface area (Å²) < 4.78 is 0. The summed E-state index contributed by atoms with van der Waals surface area (Å²) in [6.45, 7) is 0. The summed E-state index contributed by atoms with van der Waals surface area (Å²) in [5.41, 5.74) is 4.14. The van der Waals surface area contributed by atoms with Gasteiger partial charge in [0.2, 0.25) is 0 Å². The number of para-hydroxylation sites is 2. The first-order chi connectivity index (χ1) is 11.7. The predicted octanol–water partition coefficient (Wildman–Crippen LogP) is 3.16. The minimum absolute atomic E-state index is 0.424. The van der Waals surface area contributed by atoms with E-state index in [1.807, 2.05) is 60.9 Å². The molecule has 4 rings (SSSR count). The number of aromatic nitrogens is 2. The highest BCUT2D eigenvalue weighted by atomic mass is 16.3. The van der Waals surface area contributed by atoms with Crippen LogP contribution in [-0.4, -0.2) is 32.4 Å². The standard InChI is InChI=1S/C20H20N2O2/c23-19(9-13-11-21-17-7-3-1-5-15(13)17)20(24)10-14-12-22-18-8-4-2-6-16(14)18/h1-8,11-12,19-24H,9-10H2. The van der Waals surface area contributed by atoms with Gasteiger partial charge >= 0.3 is 0 Å². The van der Waals surface area contributed by atoms with Crippen molar-refractivity contribution in [3.05, 3.63) is 72.1 Å². The number of aliphatic hydroxyl groups is 2. The van der Waals surface area contributed by atoms with Gasteiger partial charge in [-0.25, -0.2) is 0 Å². The van der Waals surface area contributed by atoms with Gasteiger partial charge in [-0.15, -0.1) is 0 Å². The Balaban J connectivity index is 1.51. The van der Waals surface area contributed by atoms with E-state index in [1.54, 1.807) is 0 Å². The van der Waals surface area contributed by atoms with Crippen LogP contribution in [0.5, 0.6) is 0 Å². The molecular formula is C20H20N2O2. The maximum atomic E-state index is 10.4. The first kappa shape index (κ1) is 15.0. The normalized spacial score (nSPS) is 14.2. The van der Waals surface area contributed by atoms with Gasteiger partial charge in [-0.05, 0) is 23.3 Å². The van der Waals surface area contributed by atoms with Gasteiger partial charge in [-0.3, -0.25) is 0 Å². The number of hydrogen-bond acceptors (Lipinski definition) is 2. The Morgan fingerprint density at radius 2 is 1.08 bits per heavy atom. The molecule has 122 valence electrons. The molecule has 0 fully saturated rings. The van der Waals surface area contributed by atoms with Crippen LogP contribution in [0.15, 0.2) is 60.9 Å². The first-order valence-corrected chi connectivity index (χ1v) is 8.18. The zero-order chi connectivity index (χ0) is 16.5.